The van der Waals surface area contributed by atoms with Crippen molar-refractivity contribution < 1.29 is 14.7 Å². The molecule has 3 atom stereocenters. The molecule has 1 saturated heterocycles. The van der Waals surface area contributed by atoms with Crippen molar-refractivity contribution in [2.24, 2.45) is 17.8 Å². The molecule has 0 radical (unpaired) electrons. The normalized spacial score (nSPS) is 32.2. The van der Waals surface area contributed by atoms with Crippen LogP contribution in [0, 0.1) is 17.8 Å². The molecule has 1 heterocycles. The Labute approximate surface area is 108 Å². The van der Waals surface area contributed by atoms with Crippen molar-refractivity contribution in [3.8, 4) is 0 Å². The highest BCUT2D eigenvalue weighted by molar-refractivity contribution is 5.85. The van der Waals surface area contributed by atoms with Crippen molar-refractivity contribution in [2.45, 2.75) is 52.0 Å². The molecule has 4 heteroatoms. The van der Waals surface area contributed by atoms with Gasteiger partial charge in [0.25, 0.3) is 0 Å². The van der Waals surface area contributed by atoms with Crippen LogP contribution in [0.1, 0.15) is 46.0 Å². The average molecular weight is 253 g/mol. The fourth-order valence-corrected chi connectivity index (χ4v) is 3.52. The van der Waals surface area contributed by atoms with E-state index in [9.17, 15) is 14.7 Å². The molecule has 3 unspecified atom stereocenters. The van der Waals surface area contributed by atoms with Crippen LogP contribution in [-0.4, -0.2) is 34.5 Å². The molecular formula is C14H23NO3. The number of carbonyl (C=O) groups is 2. The Bertz CT molecular complexity index is 340. The van der Waals surface area contributed by atoms with E-state index in [4.69, 9.17) is 0 Å². The van der Waals surface area contributed by atoms with Crippen LogP contribution in [0.15, 0.2) is 0 Å². The van der Waals surface area contributed by atoms with Gasteiger partial charge in [0.2, 0.25) is 5.91 Å². The van der Waals surface area contributed by atoms with Crippen molar-refractivity contribution >= 4 is 11.9 Å². The van der Waals surface area contributed by atoms with Crippen LogP contribution in [0.3, 0.4) is 0 Å². The van der Waals surface area contributed by atoms with E-state index in [1.54, 1.807) is 0 Å². The molecule has 0 aromatic heterocycles. The van der Waals surface area contributed by atoms with E-state index in [2.05, 4.69) is 13.8 Å². The van der Waals surface area contributed by atoms with Gasteiger partial charge in [-0.05, 0) is 31.6 Å². The van der Waals surface area contributed by atoms with Crippen LogP contribution in [-0.2, 0) is 9.59 Å². The molecule has 2 rings (SSSR count). The number of hydrogen-bond donors (Lipinski definition) is 1. The van der Waals surface area contributed by atoms with Crippen LogP contribution in [0.4, 0.5) is 0 Å². The van der Waals surface area contributed by atoms with Gasteiger partial charge in [0.15, 0.2) is 0 Å². The molecule has 0 spiro atoms. The van der Waals surface area contributed by atoms with Gasteiger partial charge in [-0.15, -0.1) is 0 Å². The lowest BCUT2D eigenvalue weighted by Gasteiger charge is -2.31. The zero-order valence-corrected chi connectivity index (χ0v) is 11.3. The molecular weight excluding hydrogens is 230 g/mol. The average Bonchev–Trinajstić information content (AvgIpc) is 2.97. The Hall–Kier alpha value is -1.06. The van der Waals surface area contributed by atoms with Gasteiger partial charge >= 0.3 is 5.97 Å². The number of hydrogen-bond acceptors (Lipinski definition) is 2. The monoisotopic (exact) mass is 253 g/mol. The summed E-state index contributed by atoms with van der Waals surface area (Å²) in [4.78, 5) is 25.7. The molecule has 1 saturated carbocycles. The van der Waals surface area contributed by atoms with E-state index >= 15 is 0 Å². The maximum atomic E-state index is 12.5. The number of carboxylic acids is 1. The zero-order chi connectivity index (χ0) is 13.3. The third kappa shape index (κ3) is 2.38. The van der Waals surface area contributed by atoms with Crippen LogP contribution >= 0.6 is 0 Å². The second-order valence-electron chi connectivity index (χ2n) is 5.97. The molecule has 0 bridgehead atoms. The third-order valence-electron chi connectivity index (χ3n) is 4.50. The summed E-state index contributed by atoms with van der Waals surface area (Å²) in [6, 6.07) is 0.313. The third-order valence-corrected chi connectivity index (χ3v) is 4.50. The molecule has 1 aliphatic carbocycles. The zero-order valence-electron chi connectivity index (χ0n) is 11.3. The molecule has 0 aromatic carbocycles. The largest absolute Gasteiger partial charge is 0.481 e. The maximum absolute atomic E-state index is 12.5. The summed E-state index contributed by atoms with van der Waals surface area (Å²) in [5.41, 5.74) is 0. The van der Waals surface area contributed by atoms with Crippen LogP contribution in [0.2, 0.25) is 0 Å². The van der Waals surface area contributed by atoms with Crippen molar-refractivity contribution in [1.82, 2.24) is 4.90 Å². The van der Waals surface area contributed by atoms with E-state index in [0.29, 0.717) is 18.4 Å². The van der Waals surface area contributed by atoms with Crippen molar-refractivity contribution in [1.29, 1.82) is 0 Å². The first-order valence-corrected chi connectivity index (χ1v) is 7.05. The van der Waals surface area contributed by atoms with Crippen molar-refractivity contribution in [3.05, 3.63) is 0 Å². The van der Waals surface area contributed by atoms with Gasteiger partial charge < -0.3 is 10.0 Å². The Morgan fingerprint density at radius 2 is 1.78 bits per heavy atom. The SMILES string of the molecule is CC(C)C1CCCN1C(=O)C1CCCC1C(=O)O. The summed E-state index contributed by atoms with van der Waals surface area (Å²) in [5, 5.41) is 9.18. The number of carboxylic acid groups (broad SMARTS) is 1. The number of likely N-dealkylation sites (tertiary alicyclic amines) is 1. The lowest BCUT2D eigenvalue weighted by atomic mass is 9.93. The van der Waals surface area contributed by atoms with Crippen molar-refractivity contribution in [2.75, 3.05) is 6.54 Å². The quantitative estimate of drug-likeness (QED) is 0.838. The highest BCUT2D eigenvalue weighted by Crippen LogP contribution is 2.36. The minimum atomic E-state index is -0.800. The number of nitrogens with zero attached hydrogens (tertiary/aromatic N) is 1. The first-order valence-electron chi connectivity index (χ1n) is 7.05. The minimum Gasteiger partial charge on any atom is -0.481 e. The number of aliphatic carboxylic acids is 1. The molecule has 1 aliphatic heterocycles. The Morgan fingerprint density at radius 3 is 2.39 bits per heavy atom. The first kappa shape index (κ1) is 13.4. The fourth-order valence-electron chi connectivity index (χ4n) is 3.52. The lowest BCUT2D eigenvalue weighted by molar-refractivity contribution is -0.149. The maximum Gasteiger partial charge on any atom is 0.307 e. The summed E-state index contributed by atoms with van der Waals surface area (Å²) in [6.07, 6.45) is 4.39. The standard InChI is InChI=1S/C14H23NO3/c1-9(2)12-7-4-8-15(12)13(16)10-5-3-6-11(10)14(17)18/h9-12H,3-8H2,1-2H3,(H,17,18). The van der Waals surface area contributed by atoms with Gasteiger partial charge in [0, 0.05) is 12.6 Å². The summed E-state index contributed by atoms with van der Waals surface area (Å²) < 4.78 is 0. The lowest BCUT2D eigenvalue weighted by Crippen LogP contribution is -2.43. The first-order chi connectivity index (χ1) is 8.52. The highest BCUT2D eigenvalue weighted by Gasteiger charge is 2.42. The molecule has 102 valence electrons. The minimum absolute atomic E-state index is 0.0936. The number of carbonyl (C=O) groups excluding carboxylic acids is 1. The van der Waals surface area contributed by atoms with Gasteiger partial charge in [-0.2, -0.15) is 0 Å². The second-order valence-corrected chi connectivity index (χ2v) is 5.97. The van der Waals surface area contributed by atoms with Gasteiger partial charge in [0.05, 0.1) is 11.8 Å². The summed E-state index contributed by atoms with van der Waals surface area (Å²) in [5.74, 6) is -0.976. The van der Waals surface area contributed by atoms with Crippen LogP contribution in [0.25, 0.3) is 0 Å². The smallest absolute Gasteiger partial charge is 0.307 e. The van der Waals surface area contributed by atoms with E-state index in [-0.39, 0.29) is 11.8 Å². The summed E-state index contributed by atoms with van der Waals surface area (Å²) in [7, 11) is 0. The topological polar surface area (TPSA) is 57.6 Å². The van der Waals surface area contributed by atoms with Gasteiger partial charge in [-0.3, -0.25) is 9.59 Å². The Kier molecular flexibility index (Phi) is 3.93. The number of amides is 1. The molecule has 1 N–H and O–H groups in total. The van der Waals surface area contributed by atoms with Crippen molar-refractivity contribution in [3.63, 3.8) is 0 Å². The molecule has 18 heavy (non-hydrogen) atoms. The van der Waals surface area contributed by atoms with Gasteiger partial charge in [-0.1, -0.05) is 20.3 Å². The van der Waals surface area contributed by atoms with Gasteiger partial charge in [0.1, 0.15) is 0 Å². The molecule has 0 aromatic rings. The predicted molar refractivity (Wildman–Crippen MR) is 68.0 cm³/mol. The second kappa shape index (κ2) is 5.29. The molecule has 2 fully saturated rings. The van der Waals surface area contributed by atoms with Gasteiger partial charge in [-0.25, -0.2) is 0 Å². The molecule has 2 aliphatic rings. The predicted octanol–water partition coefficient (Wildman–Crippen LogP) is 2.13. The van der Waals surface area contributed by atoms with E-state index in [1.807, 2.05) is 4.90 Å². The Morgan fingerprint density at radius 1 is 1.11 bits per heavy atom. The summed E-state index contributed by atoms with van der Waals surface area (Å²) in [6.45, 7) is 5.09. The van der Waals surface area contributed by atoms with Crippen LogP contribution in [0.5, 0.6) is 0 Å². The van der Waals surface area contributed by atoms with E-state index in [1.165, 1.54) is 0 Å². The highest BCUT2D eigenvalue weighted by atomic mass is 16.4. The summed E-state index contributed by atoms with van der Waals surface area (Å²) >= 11 is 0. The molecule has 1 amide bonds. The fraction of sp³-hybridized carbons (Fsp3) is 0.857. The van der Waals surface area contributed by atoms with Crippen LogP contribution < -0.4 is 0 Å². The van der Waals surface area contributed by atoms with E-state index in [0.717, 1.165) is 32.2 Å². The Balaban J connectivity index is 2.08. The number of rotatable bonds is 3. The van der Waals surface area contributed by atoms with E-state index < -0.39 is 11.9 Å². The molecule has 4 nitrogen and oxygen atoms in total.